The van der Waals surface area contributed by atoms with Gasteiger partial charge in [-0.15, -0.1) is 0 Å². The van der Waals surface area contributed by atoms with Crippen molar-refractivity contribution in [3.63, 3.8) is 0 Å². The molecule has 0 bridgehead atoms. The van der Waals surface area contributed by atoms with E-state index < -0.39 is 0 Å². The lowest BCUT2D eigenvalue weighted by atomic mass is 9.69. The maximum atomic E-state index is 13.4. The highest BCUT2D eigenvalue weighted by Crippen LogP contribution is 2.35. The van der Waals surface area contributed by atoms with Crippen molar-refractivity contribution in [3.8, 4) is 0 Å². The molecule has 1 rings (SSSR count). The monoisotopic (exact) mass is 285 g/mol. The second kappa shape index (κ2) is 7.77. The van der Waals surface area contributed by atoms with Gasteiger partial charge in [0.25, 0.3) is 0 Å². The van der Waals surface area contributed by atoms with Gasteiger partial charge >= 0.3 is 0 Å². The van der Waals surface area contributed by atoms with Gasteiger partial charge in [0.1, 0.15) is 11.1 Å². The van der Waals surface area contributed by atoms with Gasteiger partial charge in [-0.25, -0.2) is 0 Å². The number of piperidine rings is 1. The molecule has 0 aliphatic carbocycles. The van der Waals surface area contributed by atoms with E-state index in [-0.39, 0.29) is 17.2 Å². The summed E-state index contributed by atoms with van der Waals surface area (Å²) in [6.07, 6.45) is 9.05. The van der Waals surface area contributed by atoms with Crippen molar-refractivity contribution in [1.29, 1.82) is 0 Å². The van der Waals surface area contributed by atoms with Gasteiger partial charge in [0, 0.05) is 38.5 Å². The number of hydrogen-bond acceptors (Lipinski definition) is 2. The Bertz CT molecular complexity index is 242. The summed E-state index contributed by atoms with van der Waals surface area (Å²) in [7, 11) is 0. The first-order valence-corrected chi connectivity index (χ1v) is 8.73. The molecule has 120 valence electrons. The zero-order valence-corrected chi connectivity index (χ0v) is 14.0. The molecular weight excluding hydrogens is 250 g/mol. The molecule has 3 nitrogen and oxygen atoms in total. The van der Waals surface area contributed by atoms with Crippen molar-refractivity contribution < 1.29 is 10.2 Å². The normalized spacial score (nSPS) is 28.5. The van der Waals surface area contributed by atoms with Gasteiger partial charge in [0.15, 0.2) is 0 Å². The Labute approximate surface area is 125 Å². The number of quaternary nitrogens is 1. The molecule has 1 saturated heterocycles. The average molecular weight is 285 g/mol. The lowest BCUT2D eigenvalue weighted by molar-refractivity contribution is -0.967. The van der Waals surface area contributed by atoms with Gasteiger partial charge < -0.3 is 15.4 Å². The minimum atomic E-state index is -0.288. The van der Waals surface area contributed by atoms with E-state index in [0.717, 1.165) is 51.4 Å². The third kappa shape index (κ3) is 3.55. The van der Waals surface area contributed by atoms with Crippen LogP contribution in [0, 0.1) is 5.21 Å². The predicted molar refractivity (Wildman–Crippen MR) is 84.7 cm³/mol. The van der Waals surface area contributed by atoms with E-state index in [1.165, 1.54) is 0 Å². The Kier molecular flexibility index (Phi) is 6.96. The van der Waals surface area contributed by atoms with Gasteiger partial charge in [-0.3, -0.25) is 0 Å². The van der Waals surface area contributed by atoms with Crippen LogP contribution in [-0.2, 0) is 0 Å². The standard InChI is InChI=1S/C17H35NO2/c1-5-9-16(10-6-2)13-15(19)14-17(11-7-3,12-8-4)18(16)20/h15,18-19H,5-14H2,1-4H3. The molecular formula is C17H35NO2. The summed E-state index contributed by atoms with van der Waals surface area (Å²) in [5.74, 6) is 0. The van der Waals surface area contributed by atoms with Gasteiger partial charge in [-0.2, -0.15) is 0 Å². The molecule has 0 atom stereocenters. The van der Waals surface area contributed by atoms with E-state index in [0.29, 0.717) is 17.9 Å². The molecule has 1 fully saturated rings. The first-order chi connectivity index (χ1) is 9.50. The van der Waals surface area contributed by atoms with E-state index >= 15 is 0 Å². The predicted octanol–water partition coefficient (Wildman–Crippen LogP) is 3.20. The van der Waals surface area contributed by atoms with Crippen LogP contribution >= 0.6 is 0 Å². The average Bonchev–Trinajstić information content (AvgIpc) is 2.37. The van der Waals surface area contributed by atoms with Crippen molar-refractivity contribution in [2.45, 2.75) is 109 Å². The molecule has 0 spiro atoms. The van der Waals surface area contributed by atoms with Gasteiger partial charge in [-0.1, -0.05) is 53.4 Å². The number of aliphatic hydroxyl groups is 1. The highest BCUT2D eigenvalue weighted by molar-refractivity contribution is 4.95. The van der Waals surface area contributed by atoms with Crippen LogP contribution in [0.25, 0.3) is 0 Å². The van der Waals surface area contributed by atoms with Crippen molar-refractivity contribution in [1.82, 2.24) is 0 Å². The molecule has 0 unspecified atom stereocenters. The number of hydroxylamine groups is 2. The molecule has 1 aliphatic heterocycles. The Morgan fingerprint density at radius 1 is 0.850 bits per heavy atom. The molecule has 0 aromatic rings. The second-order valence-electron chi connectivity index (χ2n) is 6.95. The van der Waals surface area contributed by atoms with Gasteiger partial charge in [0.2, 0.25) is 0 Å². The van der Waals surface area contributed by atoms with Crippen molar-refractivity contribution in [2.75, 3.05) is 0 Å². The van der Waals surface area contributed by atoms with E-state index in [2.05, 4.69) is 27.7 Å². The Hall–Kier alpha value is -0.120. The van der Waals surface area contributed by atoms with Crippen LogP contribution in [0.5, 0.6) is 0 Å². The van der Waals surface area contributed by atoms with Crippen molar-refractivity contribution in [3.05, 3.63) is 5.21 Å². The maximum absolute atomic E-state index is 13.4. The highest BCUT2D eigenvalue weighted by atomic mass is 16.5. The lowest BCUT2D eigenvalue weighted by Crippen LogP contribution is -3.25. The summed E-state index contributed by atoms with van der Waals surface area (Å²) in [6, 6.07) is 0. The SMILES string of the molecule is CCCC1(CCC)CC(O)CC(CCC)(CCC)[NH+]1[O-]. The van der Waals surface area contributed by atoms with Crippen molar-refractivity contribution in [2.24, 2.45) is 0 Å². The maximum Gasteiger partial charge on any atom is 0.100 e. The molecule has 0 saturated carbocycles. The molecule has 0 amide bonds. The fraction of sp³-hybridized carbons (Fsp3) is 1.00. The third-order valence-corrected chi connectivity index (χ3v) is 5.13. The van der Waals surface area contributed by atoms with Crippen LogP contribution in [0.2, 0.25) is 0 Å². The molecule has 20 heavy (non-hydrogen) atoms. The summed E-state index contributed by atoms with van der Waals surface area (Å²) in [4.78, 5) is 0. The zero-order valence-electron chi connectivity index (χ0n) is 14.0. The van der Waals surface area contributed by atoms with E-state index in [4.69, 9.17) is 0 Å². The summed E-state index contributed by atoms with van der Waals surface area (Å²) >= 11 is 0. The fourth-order valence-electron chi connectivity index (χ4n) is 4.75. The van der Waals surface area contributed by atoms with Crippen LogP contribution in [0.15, 0.2) is 0 Å². The topological polar surface area (TPSA) is 47.7 Å². The van der Waals surface area contributed by atoms with Gasteiger partial charge in [-0.05, 0) is 0 Å². The van der Waals surface area contributed by atoms with E-state index in [1.807, 2.05) is 0 Å². The summed E-state index contributed by atoms with van der Waals surface area (Å²) in [6.45, 7) is 8.64. The first kappa shape index (κ1) is 17.9. The molecule has 2 N–H and O–H groups in total. The highest BCUT2D eigenvalue weighted by Gasteiger charge is 2.52. The molecule has 0 aromatic heterocycles. The quantitative estimate of drug-likeness (QED) is 0.673. The Morgan fingerprint density at radius 2 is 1.15 bits per heavy atom. The summed E-state index contributed by atoms with van der Waals surface area (Å²) in [5.41, 5.74) is -0.489. The number of nitrogens with one attached hydrogen (secondary N) is 1. The Morgan fingerprint density at radius 3 is 1.40 bits per heavy atom. The van der Waals surface area contributed by atoms with Crippen LogP contribution in [0.3, 0.4) is 0 Å². The van der Waals surface area contributed by atoms with E-state index in [1.54, 1.807) is 0 Å². The lowest BCUT2D eigenvalue weighted by Gasteiger charge is -2.59. The molecule has 1 heterocycles. The third-order valence-electron chi connectivity index (χ3n) is 5.13. The van der Waals surface area contributed by atoms with Crippen molar-refractivity contribution >= 4 is 0 Å². The molecule has 0 radical (unpaired) electrons. The second-order valence-corrected chi connectivity index (χ2v) is 6.95. The zero-order chi connectivity index (χ0) is 15.2. The van der Waals surface area contributed by atoms with Crippen LogP contribution in [-0.4, -0.2) is 22.3 Å². The van der Waals surface area contributed by atoms with Gasteiger partial charge in [0.05, 0.1) is 6.10 Å². The largest absolute Gasteiger partial charge is 0.633 e. The molecule has 3 heteroatoms. The van der Waals surface area contributed by atoms with Crippen LogP contribution < -0.4 is 5.06 Å². The number of hydrogen-bond donors (Lipinski definition) is 2. The van der Waals surface area contributed by atoms with Crippen LogP contribution in [0.4, 0.5) is 0 Å². The summed E-state index contributed by atoms with van der Waals surface area (Å²) < 4.78 is 0. The Balaban J connectivity index is 3.11. The molecule has 0 aromatic carbocycles. The minimum absolute atomic E-state index is 0.245. The number of rotatable bonds is 8. The van der Waals surface area contributed by atoms with E-state index in [9.17, 15) is 10.3 Å². The fourth-order valence-corrected chi connectivity index (χ4v) is 4.75. The first-order valence-electron chi connectivity index (χ1n) is 8.73. The summed E-state index contributed by atoms with van der Waals surface area (Å²) in [5, 5.41) is 24.3. The minimum Gasteiger partial charge on any atom is -0.633 e. The number of aliphatic hydroxyl groups excluding tert-OH is 1. The smallest absolute Gasteiger partial charge is 0.100 e. The molecule has 1 aliphatic rings. The van der Waals surface area contributed by atoms with Crippen LogP contribution in [0.1, 0.15) is 91.9 Å².